The van der Waals surface area contributed by atoms with E-state index in [0.29, 0.717) is 18.1 Å². The fraction of sp³-hybridized carbons (Fsp3) is 0.471. The largest absolute Gasteiger partial charge is 0.369 e. The topological polar surface area (TPSA) is 64.2 Å². The average Bonchev–Trinajstić information content (AvgIpc) is 2.79. The van der Waals surface area contributed by atoms with Crippen LogP contribution in [-0.4, -0.2) is 71.4 Å². The highest BCUT2D eigenvalue weighted by Crippen LogP contribution is 2.21. The Morgan fingerprint density at radius 3 is 2.28 bits per heavy atom. The van der Waals surface area contributed by atoms with Gasteiger partial charge in [0.1, 0.15) is 0 Å². The lowest BCUT2D eigenvalue weighted by Gasteiger charge is -2.37. The normalized spacial score (nSPS) is 19.5. The molecule has 8 heteroatoms. The Labute approximate surface area is 151 Å². The third-order valence-electron chi connectivity index (χ3n) is 4.49. The summed E-state index contributed by atoms with van der Waals surface area (Å²) >= 11 is 6.04. The number of imide groups is 2. The number of urea groups is 1. The number of halogens is 1. The minimum atomic E-state index is -0.740. The van der Waals surface area contributed by atoms with Gasteiger partial charge in [-0.15, -0.1) is 0 Å². The van der Waals surface area contributed by atoms with E-state index in [2.05, 4.69) is 4.90 Å². The first kappa shape index (κ1) is 17.7. The van der Waals surface area contributed by atoms with Crippen LogP contribution in [0.25, 0.3) is 0 Å². The minimum absolute atomic E-state index is 0.149. The van der Waals surface area contributed by atoms with E-state index in [1.165, 1.54) is 0 Å². The lowest BCUT2D eigenvalue weighted by molar-refractivity contribution is -0.144. The minimum Gasteiger partial charge on any atom is -0.369 e. The van der Waals surface area contributed by atoms with E-state index in [0.717, 1.165) is 28.6 Å². The lowest BCUT2D eigenvalue weighted by atomic mass is 10.2. The van der Waals surface area contributed by atoms with Crippen molar-refractivity contribution in [3.8, 4) is 0 Å². The Hall–Kier alpha value is -2.12. The molecule has 0 aliphatic carbocycles. The Morgan fingerprint density at radius 1 is 1.04 bits per heavy atom. The van der Waals surface area contributed by atoms with Gasteiger partial charge in [0.2, 0.25) is 0 Å². The molecule has 1 aromatic carbocycles. The van der Waals surface area contributed by atoms with Crippen LogP contribution in [0.1, 0.15) is 13.8 Å². The van der Waals surface area contributed by atoms with Crippen molar-refractivity contribution in [3.63, 3.8) is 0 Å². The summed E-state index contributed by atoms with van der Waals surface area (Å²) in [7, 11) is 0. The summed E-state index contributed by atoms with van der Waals surface area (Å²) in [5, 5.41) is 0.695. The summed E-state index contributed by atoms with van der Waals surface area (Å²) in [6, 6.07) is 6.83. The summed E-state index contributed by atoms with van der Waals surface area (Å²) in [4.78, 5) is 42.6. The van der Waals surface area contributed by atoms with Gasteiger partial charge in [0, 0.05) is 42.9 Å². The number of anilines is 1. The van der Waals surface area contributed by atoms with Gasteiger partial charge in [-0.05, 0) is 32.0 Å². The van der Waals surface area contributed by atoms with Gasteiger partial charge in [0.05, 0.1) is 6.67 Å². The first-order valence-electron chi connectivity index (χ1n) is 8.30. The van der Waals surface area contributed by atoms with Crippen LogP contribution in [0, 0.1) is 0 Å². The molecule has 0 bridgehead atoms. The highest BCUT2D eigenvalue weighted by atomic mass is 35.5. The number of rotatable bonds is 4. The fourth-order valence-corrected chi connectivity index (χ4v) is 3.31. The zero-order valence-electron chi connectivity index (χ0n) is 14.3. The van der Waals surface area contributed by atoms with E-state index >= 15 is 0 Å². The first-order chi connectivity index (χ1) is 11.9. The third-order valence-corrected chi connectivity index (χ3v) is 4.72. The second kappa shape index (κ2) is 7.01. The molecule has 2 aliphatic rings. The molecular formula is C17H21ClN4O3. The number of piperazine rings is 1. The van der Waals surface area contributed by atoms with Crippen LogP contribution in [0.2, 0.25) is 5.02 Å². The summed E-state index contributed by atoms with van der Waals surface area (Å²) in [6.45, 7) is 6.50. The zero-order chi connectivity index (χ0) is 18.1. The van der Waals surface area contributed by atoms with Crippen molar-refractivity contribution >= 4 is 35.1 Å². The van der Waals surface area contributed by atoms with Crippen molar-refractivity contribution in [2.75, 3.05) is 37.7 Å². The average molecular weight is 365 g/mol. The smallest absolute Gasteiger partial charge is 0.335 e. The maximum absolute atomic E-state index is 12.3. The second-order valence-electron chi connectivity index (χ2n) is 6.51. The van der Waals surface area contributed by atoms with Crippen molar-refractivity contribution in [1.82, 2.24) is 14.7 Å². The third kappa shape index (κ3) is 3.48. The summed E-state index contributed by atoms with van der Waals surface area (Å²) in [5.74, 6) is -1.48. The molecule has 3 rings (SSSR count). The van der Waals surface area contributed by atoms with Crippen LogP contribution in [0.5, 0.6) is 0 Å². The summed E-state index contributed by atoms with van der Waals surface area (Å²) in [5.41, 5.74) is 1.06. The standard InChI is InChI=1S/C17H21ClN4O3/c1-12(2)22-16(24)15(23)21(17(22)25)11-19-6-8-20(9-7-19)14-5-3-4-13(18)10-14/h3-5,10,12H,6-9,11H2,1-2H3. The Balaban J connectivity index is 1.60. The van der Waals surface area contributed by atoms with Gasteiger partial charge in [-0.3, -0.25) is 19.4 Å². The molecule has 0 radical (unpaired) electrons. The number of benzene rings is 1. The number of nitrogens with zero attached hydrogens (tertiary/aromatic N) is 4. The molecule has 134 valence electrons. The van der Waals surface area contributed by atoms with Crippen molar-refractivity contribution in [2.24, 2.45) is 0 Å². The van der Waals surface area contributed by atoms with Gasteiger partial charge >= 0.3 is 17.8 Å². The fourth-order valence-electron chi connectivity index (χ4n) is 3.12. The molecule has 2 heterocycles. The van der Waals surface area contributed by atoms with E-state index in [1.54, 1.807) is 13.8 Å². The predicted octanol–water partition coefficient (Wildman–Crippen LogP) is 1.62. The summed E-state index contributed by atoms with van der Waals surface area (Å²) in [6.07, 6.45) is 0. The highest BCUT2D eigenvalue weighted by molar-refractivity contribution is 6.44. The van der Waals surface area contributed by atoms with Crippen molar-refractivity contribution in [1.29, 1.82) is 0 Å². The highest BCUT2D eigenvalue weighted by Gasteiger charge is 2.46. The van der Waals surface area contributed by atoms with E-state index in [1.807, 2.05) is 29.2 Å². The van der Waals surface area contributed by atoms with Crippen molar-refractivity contribution in [3.05, 3.63) is 29.3 Å². The molecule has 0 atom stereocenters. The lowest BCUT2D eigenvalue weighted by Crippen LogP contribution is -2.51. The molecule has 25 heavy (non-hydrogen) atoms. The van der Waals surface area contributed by atoms with E-state index in [4.69, 9.17) is 11.6 Å². The Bertz CT molecular complexity index is 701. The molecule has 4 amide bonds. The summed E-state index contributed by atoms with van der Waals surface area (Å²) < 4.78 is 0. The molecule has 0 aromatic heterocycles. The van der Waals surface area contributed by atoms with Crippen molar-refractivity contribution < 1.29 is 14.4 Å². The number of carbonyl (C=O) groups is 3. The van der Waals surface area contributed by atoms with E-state index < -0.39 is 17.8 Å². The van der Waals surface area contributed by atoms with Gasteiger partial charge in [-0.2, -0.15) is 0 Å². The van der Waals surface area contributed by atoms with Gasteiger partial charge < -0.3 is 4.90 Å². The number of carbonyl (C=O) groups excluding carboxylic acids is 3. The van der Waals surface area contributed by atoms with Crippen LogP contribution >= 0.6 is 11.6 Å². The van der Waals surface area contributed by atoms with Crippen LogP contribution < -0.4 is 4.90 Å². The molecule has 2 saturated heterocycles. The maximum Gasteiger partial charge on any atom is 0.335 e. The first-order valence-corrected chi connectivity index (χ1v) is 8.68. The van der Waals surface area contributed by atoms with Gasteiger partial charge in [0.15, 0.2) is 0 Å². The maximum atomic E-state index is 12.3. The molecular weight excluding hydrogens is 344 g/mol. The molecule has 1 aromatic rings. The van der Waals surface area contributed by atoms with Gasteiger partial charge in [-0.1, -0.05) is 17.7 Å². The monoisotopic (exact) mass is 364 g/mol. The van der Waals surface area contributed by atoms with Crippen LogP contribution in [0.15, 0.2) is 24.3 Å². The molecule has 0 saturated carbocycles. The number of hydrogen-bond donors (Lipinski definition) is 0. The Kier molecular flexibility index (Phi) is 4.96. The zero-order valence-corrected chi connectivity index (χ0v) is 15.1. The Morgan fingerprint density at radius 2 is 1.72 bits per heavy atom. The van der Waals surface area contributed by atoms with E-state index in [9.17, 15) is 14.4 Å². The quantitative estimate of drug-likeness (QED) is 0.600. The van der Waals surface area contributed by atoms with Crippen LogP contribution in [0.3, 0.4) is 0 Å². The number of amides is 4. The molecule has 2 fully saturated rings. The molecule has 0 N–H and O–H groups in total. The molecule has 0 spiro atoms. The number of hydrogen-bond acceptors (Lipinski definition) is 5. The predicted molar refractivity (Wildman–Crippen MR) is 94.3 cm³/mol. The van der Waals surface area contributed by atoms with Gasteiger partial charge in [-0.25, -0.2) is 9.69 Å². The van der Waals surface area contributed by atoms with E-state index in [-0.39, 0.29) is 12.7 Å². The van der Waals surface area contributed by atoms with Crippen LogP contribution in [0.4, 0.5) is 10.5 Å². The van der Waals surface area contributed by atoms with Gasteiger partial charge in [0.25, 0.3) is 0 Å². The SMILES string of the molecule is CC(C)N1C(=O)C(=O)N(CN2CCN(c3cccc(Cl)c3)CC2)C1=O. The second-order valence-corrected chi connectivity index (χ2v) is 6.95. The molecule has 2 aliphatic heterocycles. The molecule has 7 nitrogen and oxygen atoms in total. The van der Waals surface area contributed by atoms with Crippen molar-refractivity contribution in [2.45, 2.75) is 19.9 Å². The molecule has 0 unspecified atom stereocenters. The van der Waals surface area contributed by atoms with Crippen LogP contribution in [-0.2, 0) is 9.59 Å².